The summed E-state index contributed by atoms with van der Waals surface area (Å²) in [6, 6.07) is 8.37. The molecule has 2 aliphatic rings. The van der Waals surface area contributed by atoms with Crippen molar-refractivity contribution in [1.82, 2.24) is 0 Å². The van der Waals surface area contributed by atoms with Crippen molar-refractivity contribution in [2.45, 2.75) is 44.1 Å². The fourth-order valence-electron chi connectivity index (χ4n) is 3.84. The Labute approximate surface area is 177 Å². The molecule has 0 spiro atoms. The molecule has 2 aromatic carbocycles. The molecule has 4 rings (SSSR count). The molecule has 1 aliphatic carbocycles. The molecule has 31 heavy (non-hydrogen) atoms. The molecule has 0 aromatic heterocycles. The van der Waals surface area contributed by atoms with Gasteiger partial charge in [0, 0.05) is 18.1 Å². The van der Waals surface area contributed by atoms with Crippen molar-refractivity contribution in [3.63, 3.8) is 0 Å². The van der Waals surface area contributed by atoms with Crippen molar-refractivity contribution >= 4 is 11.4 Å². The predicted molar refractivity (Wildman–Crippen MR) is 106 cm³/mol. The number of carbonyl (C=O) groups excluding carboxylic acids is 1. The van der Waals surface area contributed by atoms with Gasteiger partial charge in [-0.2, -0.15) is 0 Å². The average molecular weight is 430 g/mol. The second kappa shape index (κ2) is 7.86. The number of carbonyl (C=O) groups is 1. The Hall–Kier alpha value is -3.11. The smallest absolute Gasteiger partial charge is 0.232 e. The number of allylic oxidation sites excluding steroid dienone is 2. The van der Waals surface area contributed by atoms with Crippen LogP contribution >= 0.6 is 0 Å². The van der Waals surface area contributed by atoms with Crippen LogP contribution in [0.1, 0.15) is 28.4 Å². The number of ketones is 1. The molecule has 0 bridgehead atoms. The lowest BCUT2D eigenvalue weighted by Gasteiger charge is -2.39. The second-order valence-electron chi connectivity index (χ2n) is 7.66. The van der Waals surface area contributed by atoms with E-state index in [1.807, 2.05) is 0 Å². The monoisotopic (exact) mass is 430 g/mol. The number of hydrogen-bond donors (Lipinski definition) is 6. The molecule has 164 valence electrons. The first-order chi connectivity index (χ1) is 14.7. The third-order valence-electron chi connectivity index (χ3n) is 5.52. The molecule has 2 aromatic rings. The highest BCUT2D eigenvalue weighted by Crippen LogP contribution is 2.40. The van der Waals surface area contributed by atoms with E-state index in [4.69, 9.17) is 9.47 Å². The maximum atomic E-state index is 13.3. The molecule has 1 aliphatic heterocycles. The highest BCUT2D eigenvalue weighted by molar-refractivity contribution is 6.16. The maximum absolute atomic E-state index is 13.3. The van der Waals surface area contributed by atoms with E-state index in [9.17, 15) is 35.4 Å². The minimum absolute atomic E-state index is 0.0154. The molecule has 5 atom stereocenters. The Kier molecular flexibility index (Phi) is 5.36. The summed E-state index contributed by atoms with van der Waals surface area (Å²) >= 11 is 0. The van der Waals surface area contributed by atoms with Gasteiger partial charge < -0.3 is 40.1 Å². The van der Waals surface area contributed by atoms with Gasteiger partial charge in [-0.1, -0.05) is 12.1 Å². The summed E-state index contributed by atoms with van der Waals surface area (Å²) in [4.78, 5) is 13.3. The van der Waals surface area contributed by atoms with E-state index >= 15 is 0 Å². The molecule has 0 amide bonds. The van der Waals surface area contributed by atoms with Crippen LogP contribution in [-0.4, -0.2) is 67.1 Å². The van der Waals surface area contributed by atoms with E-state index in [2.05, 4.69) is 0 Å². The number of phenols is 3. The van der Waals surface area contributed by atoms with Gasteiger partial charge in [-0.15, -0.1) is 0 Å². The van der Waals surface area contributed by atoms with Crippen molar-refractivity contribution < 1.29 is 44.9 Å². The molecular weight excluding hydrogens is 408 g/mol. The normalized spacial score (nSPS) is 28.4. The zero-order chi connectivity index (χ0) is 22.4. The number of rotatable bonds is 3. The van der Waals surface area contributed by atoms with Crippen molar-refractivity contribution in [3.05, 3.63) is 58.8 Å². The predicted octanol–water partition coefficient (Wildman–Crippen LogP) is 0.798. The molecule has 1 heterocycles. The van der Waals surface area contributed by atoms with Gasteiger partial charge in [0.25, 0.3) is 0 Å². The van der Waals surface area contributed by atoms with E-state index in [1.165, 1.54) is 25.1 Å². The lowest BCUT2D eigenvalue weighted by molar-refractivity contribution is -0.281. The van der Waals surface area contributed by atoms with E-state index in [0.717, 1.165) is 6.07 Å². The number of aliphatic hydroxyl groups is 3. The first kappa shape index (κ1) is 21.1. The Bertz CT molecular complexity index is 1040. The van der Waals surface area contributed by atoms with Crippen LogP contribution in [0.5, 0.6) is 17.2 Å². The largest absolute Gasteiger partial charge is 0.508 e. The fourth-order valence-corrected chi connectivity index (χ4v) is 3.84. The standard InChI is InChI=1S/C22H22O9/c1-9-17(26)19(28)20(29)22(30-9)31-21-14(10-2-4-12(23)5-3-10)7-11-6-13(24)8-15(25)16(11)18(21)27/h2-6,8-9,17,19-20,22-26,28-29H,7H2,1H3/t9-,17-,19+,20+,22-/m0/s1. The fraction of sp³-hybridized carbons (Fsp3) is 0.318. The topological polar surface area (TPSA) is 157 Å². The summed E-state index contributed by atoms with van der Waals surface area (Å²) in [6.07, 6.45) is -6.77. The van der Waals surface area contributed by atoms with Gasteiger partial charge >= 0.3 is 0 Å². The van der Waals surface area contributed by atoms with E-state index in [-0.39, 0.29) is 29.2 Å². The number of fused-ring (bicyclic) bond motifs is 1. The van der Waals surface area contributed by atoms with Crippen molar-refractivity contribution in [3.8, 4) is 17.2 Å². The molecule has 1 fully saturated rings. The van der Waals surface area contributed by atoms with Crippen LogP contribution in [0.15, 0.2) is 42.2 Å². The minimum atomic E-state index is -1.64. The average Bonchev–Trinajstić information content (AvgIpc) is 2.72. The van der Waals surface area contributed by atoms with Crippen LogP contribution in [0.25, 0.3) is 5.57 Å². The summed E-state index contributed by atoms with van der Waals surface area (Å²) in [6.45, 7) is 1.48. The third kappa shape index (κ3) is 3.72. The highest BCUT2D eigenvalue weighted by atomic mass is 16.7. The maximum Gasteiger partial charge on any atom is 0.232 e. The summed E-state index contributed by atoms with van der Waals surface area (Å²) in [7, 11) is 0. The van der Waals surface area contributed by atoms with Crippen LogP contribution in [-0.2, 0) is 15.9 Å². The van der Waals surface area contributed by atoms with Crippen molar-refractivity contribution in [2.24, 2.45) is 0 Å². The SMILES string of the molecule is C[C@@H]1O[C@@H](OC2=C(c3ccc(O)cc3)Cc3cc(O)cc(O)c3C2=O)[C@H](O)[C@H](O)[C@H]1O. The molecule has 0 saturated carbocycles. The van der Waals surface area contributed by atoms with Crippen LogP contribution < -0.4 is 0 Å². The molecule has 9 heteroatoms. The first-order valence-corrected chi connectivity index (χ1v) is 9.65. The minimum Gasteiger partial charge on any atom is -0.508 e. The van der Waals surface area contributed by atoms with Gasteiger partial charge in [0.2, 0.25) is 12.1 Å². The Balaban J connectivity index is 1.80. The van der Waals surface area contributed by atoms with Crippen LogP contribution in [0.2, 0.25) is 0 Å². The number of benzene rings is 2. The van der Waals surface area contributed by atoms with Gasteiger partial charge in [0.1, 0.15) is 35.6 Å². The number of ether oxygens (including phenoxy) is 2. The summed E-state index contributed by atoms with van der Waals surface area (Å²) in [5.41, 5.74) is 1.20. The number of aromatic hydroxyl groups is 3. The van der Waals surface area contributed by atoms with Crippen LogP contribution in [0, 0.1) is 0 Å². The van der Waals surface area contributed by atoms with Gasteiger partial charge in [-0.05, 0) is 36.2 Å². The van der Waals surface area contributed by atoms with E-state index in [0.29, 0.717) is 16.7 Å². The van der Waals surface area contributed by atoms with Gasteiger partial charge in [-0.3, -0.25) is 4.79 Å². The summed E-state index contributed by atoms with van der Waals surface area (Å²) in [5.74, 6) is -1.55. The highest BCUT2D eigenvalue weighted by Gasteiger charge is 2.45. The van der Waals surface area contributed by atoms with Gasteiger partial charge in [0.05, 0.1) is 11.7 Å². The van der Waals surface area contributed by atoms with Crippen LogP contribution in [0.3, 0.4) is 0 Å². The molecule has 6 N–H and O–H groups in total. The third-order valence-corrected chi connectivity index (χ3v) is 5.52. The first-order valence-electron chi connectivity index (χ1n) is 9.65. The zero-order valence-electron chi connectivity index (χ0n) is 16.5. The Morgan fingerprint density at radius 2 is 1.61 bits per heavy atom. The molecular formula is C22H22O9. The molecule has 0 unspecified atom stereocenters. The summed E-state index contributed by atoms with van der Waals surface area (Å²) < 4.78 is 11.2. The van der Waals surface area contributed by atoms with Gasteiger partial charge in [-0.25, -0.2) is 0 Å². The lowest BCUT2D eigenvalue weighted by Crippen LogP contribution is -2.57. The van der Waals surface area contributed by atoms with Gasteiger partial charge in [0.15, 0.2) is 5.76 Å². The Morgan fingerprint density at radius 1 is 0.935 bits per heavy atom. The lowest BCUT2D eigenvalue weighted by atomic mass is 9.85. The van der Waals surface area contributed by atoms with Crippen molar-refractivity contribution in [2.75, 3.05) is 0 Å². The zero-order valence-corrected chi connectivity index (χ0v) is 16.5. The second-order valence-corrected chi connectivity index (χ2v) is 7.66. The molecule has 0 radical (unpaired) electrons. The van der Waals surface area contributed by atoms with E-state index in [1.54, 1.807) is 12.1 Å². The van der Waals surface area contributed by atoms with Crippen molar-refractivity contribution in [1.29, 1.82) is 0 Å². The number of phenolic OH excluding ortho intramolecular Hbond substituents is 3. The van der Waals surface area contributed by atoms with Crippen LogP contribution in [0.4, 0.5) is 0 Å². The Morgan fingerprint density at radius 3 is 2.29 bits per heavy atom. The molecule has 1 saturated heterocycles. The quantitative estimate of drug-likeness (QED) is 0.414. The summed E-state index contributed by atoms with van der Waals surface area (Å²) in [5, 5.41) is 60.0. The molecule has 9 nitrogen and oxygen atoms in total. The number of Topliss-reactive ketones (excluding diaryl/α,β-unsaturated/α-hetero) is 1. The number of hydrogen-bond acceptors (Lipinski definition) is 9. The van der Waals surface area contributed by atoms with E-state index < -0.39 is 42.2 Å². The number of aliphatic hydroxyl groups excluding tert-OH is 3.